The molecule has 0 fully saturated rings. The Morgan fingerprint density at radius 3 is 1.12 bits per heavy atom. The predicted molar refractivity (Wildman–Crippen MR) is 91.2 cm³/mol. The van der Waals surface area contributed by atoms with Crippen LogP contribution in [0.2, 0.25) is 10.0 Å². The molecule has 26 heavy (non-hydrogen) atoms. The Bertz CT molecular complexity index is 733. The molecule has 0 bridgehead atoms. The minimum Gasteiger partial charge on any atom is -0.399 e. The minimum absolute atomic E-state index is 0.0278. The maximum absolute atomic E-state index is 12.3. The van der Waals surface area contributed by atoms with Gasteiger partial charge in [-0.05, 0) is 49.2 Å². The van der Waals surface area contributed by atoms with Gasteiger partial charge in [0.25, 0.3) is 0 Å². The van der Waals surface area contributed by atoms with Gasteiger partial charge < -0.3 is 11.5 Å². The molecule has 10 heteroatoms. The van der Waals surface area contributed by atoms with E-state index in [2.05, 4.69) is 0 Å². The highest BCUT2D eigenvalue weighted by Crippen LogP contribution is 2.39. The third-order valence-electron chi connectivity index (χ3n) is 3.48. The standard InChI is InChI=1S/2C8H7ClF3N/c2*1-4-6(13)3-2-5(9)7(4)8(10,11)12/h2*2-3H,13H2,1H3. The lowest BCUT2D eigenvalue weighted by Gasteiger charge is -2.13. The van der Waals surface area contributed by atoms with Crippen LogP contribution < -0.4 is 11.5 Å². The molecule has 4 N–H and O–H groups in total. The molecule has 0 aromatic heterocycles. The molecule has 0 aliphatic carbocycles. The van der Waals surface area contributed by atoms with Crippen molar-refractivity contribution in [3.8, 4) is 0 Å². The zero-order valence-electron chi connectivity index (χ0n) is 13.5. The van der Waals surface area contributed by atoms with Crippen LogP contribution in [0.25, 0.3) is 0 Å². The van der Waals surface area contributed by atoms with Crippen molar-refractivity contribution in [2.45, 2.75) is 26.2 Å². The first-order valence-corrected chi connectivity index (χ1v) is 7.67. The van der Waals surface area contributed by atoms with Crippen molar-refractivity contribution in [2.24, 2.45) is 0 Å². The van der Waals surface area contributed by atoms with Crippen LogP contribution in [0.5, 0.6) is 0 Å². The lowest BCUT2D eigenvalue weighted by molar-refractivity contribution is -0.138. The van der Waals surface area contributed by atoms with Crippen LogP contribution in [0.4, 0.5) is 37.7 Å². The molecule has 0 radical (unpaired) electrons. The van der Waals surface area contributed by atoms with E-state index in [9.17, 15) is 26.3 Å². The van der Waals surface area contributed by atoms with Gasteiger partial charge in [-0.1, -0.05) is 23.2 Å². The molecule has 144 valence electrons. The summed E-state index contributed by atoms with van der Waals surface area (Å²) in [7, 11) is 0. The molecule has 0 unspecified atom stereocenters. The first-order valence-electron chi connectivity index (χ1n) is 6.91. The van der Waals surface area contributed by atoms with E-state index in [1.165, 1.54) is 26.0 Å². The predicted octanol–water partition coefficient (Wildman–Crippen LogP) is 6.50. The Kier molecular flexibility index (Phi) is 6.70. The van der Waals surface area contributed by atoms with Crippen LogP contribution in [0, 0.1) is 13.8 Å². The summed E-state index contributed by atoms with van der Waals surface area (Å²) < 4.78 is 74.1. The highest BCUT2D eigenvalue weighted by Gasteiger charge is 2.36. The zero-order chi connectivity index (χ0) is 20.4. The normalized spacial score (nSPS) is 11.8. The molecule has 2 rings (SSSR count). The summed E-state index contributed by atoms with van der Waals surface area (Å²) in [6.07, 6.45) is -8.90. The summed E-state index contributed by atoms with van der Waals surface area (Å²) in [5.41, 5.74) is 9.08. The molecule has 0 spiro atoms. The second-order valence-corrected chi connectivity index (χ2v) is 6.08. The number of halogens is 8. The molecule has 2 aromatic carbocycles. The van der Waals surface area contributed by atoms with Crippen molar-refractivity contribution in [1.82, 2.24) is 0 Å². The largest absolute Gasteiger partial charge is 0.418 e. The number of anilines is 2. The summed E-state index contributed by atoms with van der Waals surface area (Å²) in [4.78, 5) is 0. The Balaban J connectivity index is 0.000000260. The number of alkyl halides is 6. The van der Waals surface area contributed by atoms with Gasteiger partial charge in [0, 0.05) is 11.4 Å². The molecule has 2 aromatic rings. The molecule has 0 saturated heterocycles. The highest BCUT2D eigenvalue weighted by molar-refractivity contribution is 6.32. The summed E-state index contributed by atoms with van der Waals surface area (Å²) in [6, 6.07) is 5.00. The molecular formula is C16H14Cl2F6N2. The van der Waals surface area contributed by atoms with E-state index in [1.54, 1.807) is 0 Å². The average Bonchev–Trinajstić information content (AvgIpc) is 2.45. The van der Waals surface area contributed by atoms with Crippen molar-refractivity contribution in [3.63, 3.8) is 0 Å². The van der Waals surface area contributed by atoms with Crippen LogP contribution in [0.15, 0.2) is 24.3 Å². The lowest BCUT2D eigenvalue weighted by atomic mass is 10.1. The summed E-state index contributed by atoms with van der Waals surface area (Å²) in [6.45, 7) is 2.59. The Morgan fingerprint density at radius 2 is 0.923 bits per heavy atom. The van der Waals surface area contributed by atoms with Gasteiger partial charge in [0.05, 0.1) is 21.2 Å². The molecular weight excluding hydrogens is 405 g/mol. The number of hydrogen-bond acceptors (Lipinski definition) is 2. The van der Waals surface area contributed by atoms with Crippen LogP contribution in [-0.4, -0.2) is 0 Å². The van der Waals surface area contributed by atoms with Gasteiger partial charge in [-0.25, -0.2) is 0 Å². The summed E-state index contributed by atoms with van der Waals surface area (Å²) >= 11 is 10.8. The van der Waals surface area contributed by atoms with Gasteiger partial charge in [0.2, 0.25) is 0 Å². The van der Waals surface area contributed by atoms with E-state index in [0.29, 0.717) is 0 Å². The monoisotopic (exact) mass is 418 g/mol. The van der Waals surface area contributed by atoms with Gasteiger partial charge in [0.15, 0.2) is 0 Å². The number of rotatable bonds is 0. The highest BCUT2D eigenvalue weighted by atomic mass is 35.5. The second-order valence-electron chi connectivity index (χ2n) is 5.27. The van der Waals surface area contributed by atoms with Crippen LogP contribution >= 0.6 is 23.2 Å². The van der Waals surface area contributed by atoms with E-state index in [1.807, 2.05) is 0 Å². The molecule has 0 atom stereocenters. The van der Waals surface area contributed by atoms with Crippen molar-refractivity contribution in [1.29, 1.82) is 0 Å². The fourth-order valence-electron chi connectivity index (χ4n) is 2.09. The van der Waals surface area contributed by atoms with Gasteiger partial charge in [-0.3, -0.25) is 0 Å². The number of nitrogens with two attached hydrogens (primary N) is 2. The van der Waals surface area contributed by atoms with Gasteiger partial charge >= 0.3 is 12.4 Å². The van der Waals surface area contributed by atoms with Crippen molar-refractivity contribution >= 4 is 34.6 Å². The Hall–Kier alpha value is -1.80. The lowest BCUT2D eigenvalue weighted by Crippen LogP contribution is -2.10. The zero-order valence-corrected chi connectivity index (χ0v) is 15.0. The molecule has 0 aliphatic heterocycles. The first-order chi connectivity index (χ1) is 11.7. The van der Waals surface area contributed by atoms with Crippen LogP contribution in [-0.2, 0) is 12.4 Å². The fourth-order valence-corrected chi connectivity index (χ4v) is 2.71. The van der Waals surface area contributed by atoms with Gasteiger partial charge in [0.1, 0.15) is 0 Å². The van der Waals surface area contributed by atoms with Gasteiger partial charge in [-0.15, -0.1) is 0 Å². The number of hydrogen-bond donors (Lipinski definition) is 2. The minimum atomic E-state index is -4.45. The van der Waals surface area contributed by atoms with E-state index < -0.39 is 23.5 Å². The SMILES string of the molecule is Cc1c(N)ccc(Cl)c1C(F)(F)F.Cc1c(N)ccc(Cl)c1C(F)(F)F. The van der Waals surface area contributed by atoms with Crippen molar-refractivity contribution in [3.05, 3.63) is 56.6 Å². The van der Waals surface area contributed by atoms with Crippen LogP contribution in [0.1, 0.15) is 22.3 Å². The van der Waals surface area contributed by atoms with E-state index in [4.69, 9.17) is 34.7 Å². The summed E-state index contributed by atoms with van der Waals surface area (Å²) in [5, 5.41) is -0.640. The maximum atomic E-state index is 12.3. The third-order valence-corrected chi connectivity index (χ3v) is 4.11. The smallest absolute Gasteiger partial charge is 0.399 e. The Labute approximate surface area is 155 Å². The fraction of sp³-hybridized carbons (Fsp3) is 0.250. The molecule has 0 aliphatic rings. The second kappa shape index (κ2) is 7.84. The molecule has 0 saturated carbocycles. The van der Waals surface area contributed by atoms with E-state index in [-0.39, 0.29) is 32.5 Å². The number of benzene rings is 2. The quantitative estimate of drug-likeness (QED) is 0.379. The Morgan fingerprint density at radius 1 is 0.654 bits per heavy atom. The topological polar surface area (TPSA) is 52.0 Å². The third kappa shape index (κ3) is 5.11. The first kappa shape index (κ1) is 22.2. The van der Waals surface area contributed by atoms with Crippen molar-refractivity contribution in [2.75, 3.05) is 11.5 Å². The average molecular weight is 419 g/mol. The summed E-state index contributed by atoms with van der Waals surface area (Å²) in [5.74, 6) is 0. The molecule has 2 nitrogen and oxygen atoms in total. The molecule has 0 heterocycles. The van der Waals surface area contributed by atoms with Crippen molar-refractivity contribution < 1.29 is 26.3 Å². The number of nitrogen functional groups attached to an aromatic ring is 2. The van der Waals surface area contributed by atoms with Crippen LogP contribution in [0.3, 0.4) is 0 Å². The van der Waals surface area contributed by atoms with Gasteiger partial charge in [-0.2, -0.15) is 26.3 Å². The molecule has 0 amide bonds. The van der Waals surface area contributed by atoms with E-state index in [0.717, 1.165) is 12.1 Å². The maximum Gasteiger partial charge on any atom is 0.418 e. The van der Waals surface area contributed by atoms with E-state index >= 15 is 0 Å².